The van der Waals surface area contributed by atoms with Gasteiger partial charge in [0.2, 0.25) is 5.95 Å². The number of rotatable bonds is 5. The van der Waals surface area contributed by atoms with Crippen LogP contribution in [0.3, 0.4) is 0 Å². The third-order valence-electron chi connectivity index (χ3n) is 4.87. The summed E-state index contributed by atoms with van der Waals surface area (Å²) in [6, 6.07) is 5.73. The van der Waals surface area contributed by atoms with E-state index in [1.54, 1.807) is 17.3 Å². The van der Waals surface area contributed by atoms with Crippen LogP contribution >= 0.6 is 11.3 Å². The predicted molar refractivity (Wildman–Crippen MR) is 116 cm³/mol. The summed E-state index contributed by atoms with van der Waals surface area (Å²) in [7, 11) is 0. The number of carbonyl (C=O) groups is 1. The highest BCUT2D eigenvalue weighted by Crippen LogP contribution is 2.27. The molecular weight excluding hydrogens is 386 g/mol. The zero-order chi connectivity index (χ0) is 20.8. The van der Waals surface area contributed by atoms with Crippen LogP contribution in [0.1, 0.15) is 49.3 Å². The third-order valence-corrected chi connectivity index (χ3v) is 5.78. The number of fused-ring (bicyclic) bond motifs is 1. The van der Waals surface area contributed by atoms with Crippen LogP contribution in [0, 0.1) is 5.92 Å². The fourth-order valence-electron chi connectivity index (χ4n) is 3.30. The molecule has 1 amide bonds. The maximum Gasteiger partial charge on any atom is 0.274 e. The Morgan fingerprint density at radius 2 is 2.21 bits per heavy atom. The minimum Gasteiger partial charge on any atom is -0.396 e. The predicted octanol–water partition coefficient (Wildman–Crippen LogP) is 3.74. The lowest BCUT2D eigenvalue weighted by molar-refractivity contribution is 0.0778. The second kappa shape index (κ2) is 9.76. The number of aliphatic hydroxyl groups excluding tert-OH is 1. The Morgan fingerprint density at radius 1 is 1.38 bits per heavy atom. The molecule has 1 fully saturated rings. The number of anilines is 1. The van der Waals surface area contributed by atoms with E-state index in [0.29, 0.717) is 24.7 Å². The molecule has 154 valence electrons. The van der Waals surface area contributed by atoms with E-state index in [4.69, 9.17) is 0 Å². The molecule has 0 aromatic carbocycles. The number of thiophene rings is 1. The molecule has 1 unspecified atom stereocenters. The van der Waals surface area contributed by atoms with E-state index in [1.807, 2.05) is 44.4 Å². The lowest BCUT2D eigenvalue weighted by Crippen LogP contribution is -2.30. The van der Waals surface area contributed by atoms with E-state index in [-0.39, 0.29) is 24.5 Å². The van der Waals surface area contributed by atoms with Crippen molar-refractivity contribution in [2.75, 3.05) is 25.0 Å². The molecule has 7 nitrogen and oxygen atoms in total. The van der Waals surface area contributed by atoms with Crippen LogP contribution in [0.4, 0.5) is 5.95 Å². The van der Waals surface area contributed by atoms with Crippen molar-refractivity contribution in [2.24, 2.45) is 5.92 Å². The summed E-state index contributed by atoms with van der Waals surface area (Å²) in [5.74, 6) is 0.481. The van der Waals surface area contributed by atoms with Crippen molar-refractivity contribution in [2.45, 2.75) is 33.2 Å². The van der Waals surface area contributed by atoms with Crippen molar-refractivity contribution in [3.63, 3.8) is 0 Å². The molecule has 2 N–H and O–H groups in total. The first kappa shape index (κ1) is 21.1. The summed E-state index contributed by atoms with van der Waals surface area (Å²) in [6.07, 6.45) is 4.35. The molecule has 0 bridgehead atoms. The van der Waals surface area contributed by atoms with Gasteiger partial charge in [0.1, 0.15) is 0 Å². The summed E-state index contributed by atoms with van der Waals surface area (Å²) >= 11 is 1.47. The summed E-state index contributed by atoms with van der Waals surface area (Å²) in [5, 5.41) is 14.5. The van der Waals surface area contributed by atoms with Crippen LogP contribution in [0.15, 0.2) is 36.0 Å². The van der Waals surface area contributed by atoms with Crippen LogP contribution in [-0.4, -0.2) is 50.6 Å². The molecule has 1 saturated heterocycles. The molecular formula is C21H27N5O2S. The SMILES string of the molecule is CC.CC(Nc1nc(C(=O)N2CC[C@@H](CO)C2)c2sccc2n1)c1cccnc1. The van der Waals surface area contributed by atoms with Gasteiger partial charge in [0.25, 0.3) is 5.91 Å². The Kier molecular flexibility index (Phi) is 7.11. The van der Waals surface area contributed by atoms with Gasteiger partial charge in [0.15, 0.2) is 5.69 Å². The maximum atomic E-state index is 13.1. The quantitative estimate of drug-likeness (QED) is 0.662. The van der Waals surface area contributed by atoms with Crippen molar-refractivity contribution in [1.82, 2.24) is 19.9 Å². The standard InChI is InChI=1S/C19H21N5O2S.C2H6/c1-12(14-3-2-6-20-9-14)21-19-22-15-5-8-27-17(15)16(23-19)18(26)24-7-4-13(10-24)11-25;1-2/h2-3,5-6,8-9,12-13,25H,4,7,10-11H2,1H3,(H,21,22,23);1-2H3/t12?,13-;/m1./s1. The number of hydrogen-bond donors (Lipinski definition) is 2. The average Bonchev–Trinajstić information content (AvgIpc) is 3.44. The number of nitrogens with zero attached hydrogens (tertiary/aromatic N) is 4. The van der Waals surface area contributed by atoms with E-state index in [9.17, 15) is 9.90 Å². The third kappa shape index (κ3) is 4.71. The number of nitrogens with one attached hydrogen (secondary N) is 1. The van der Waals surface area contributed by atoms with Crippen molar-refractivity contribution in [1.29, 1.82) is 0 Å². The molecule has 4 rings (SSSR count). The van der Waals surface area contributed by atoms with E-state index in [0.717, 1.165) is 22.2 Å². The molecule has 4 heterocycles. The zero-order valence-corrected chi connectivity index (χ0v) is 17.8. The van der Waals surface area contributed by atoms with Crippen LogP contribution in [-0.2, 0) is 0 Å². The smallest absolute Gasteiger partial charge is 0.274 e. The van der Waals surface area contributed by atoms with Crippen molar-refractivity contribution >= 4 is 33.4 Å². The highest BCUT2D eigenvalue weighted by atomic mass is 32.1. The first-order valence-electron chi connectivity index (χ1n) is 9.97. The normalized spacial score (nSPS) is 17.0. The maximum absolute atomic E-state index is 13.1. The number of likely N-dealkylation sites (tertiary alicyclic amines) is 1. The highest BCUT2D eigenvalue weighted by molar-refractivity contribution is 7.17. The summed E-state index contributed by atoms with van der Waals surface area (Å²) in [5.41, 5.74) is 2.20. The van der Waals surface area contributed by atoms with Gasteiger partial charge in [-0.3, -0.25) is 9.78 Å². The number of hydrogen-bond acceptors (Lipinski definition) is 7. The average molecular weight is 414 g/mol. The first-order chi connectivity index (χ1) is 14.2. The summed E-state index contributed by atoms with van der Waals surface area (Å²) in [4.78, 5) is 28.1. The highest BCUT2D eigenvalue weighted by Gasteiger charge is 2.29. The Balaban J connectivity index is 0.00000117. The minimum absolute atomic E-state index is 0.0386. The Bertz CT molecular complexity index is 947. The van der Waals surface area contributed by atoms with Gasteiger partial charge >= 0.3 is 0 Å². The molecule has 1 aliphatic heterocycles. The molecule has 2 atom stereocenters. The van der Waals surface area contributed by atoms with Gasteiger partial charge in [-0.05, 0) is 36.4 Å². The van der Waals surface area contributed by atoms with Gasteiger partial charge in [-0.2, -0.15) is 0 Å². The number of pyridine rings is 1. The van der Waals surface area contributed by atoms with Crippen molar-refractivity contribution < 1.29 is 9.90 Å². The number of aromatic nitrogens is 3. The van der Waals surface area contributed by atoms with Crippen molar-refractivity contribution in [3.05, 3.63) is 47.2 Å². The number of aliphatic hydroxyl groups is 1. The summed E-state index contributed by atoms with van der Waals surface area (Å²) in [6.45, 7) is 7.33. The zero-order valence-electron chi connectivity index (χ0n) is 17.0. The second-order valence-corrected chi connectivity index (χ2v) is 7.69. The monoisotopic (exact) mass is 413 g/mol. The molecule has 0 spiro atoms. The minimum atomic E-state index is -0.0992. The molecule has 3 aromatic rings. The Hall–Kier alpha value is -2.58. The van der Waals surface area contributed by atoms with Gasteiger partial charge < -0.3 is 15.3 Å². The van der Waals surface area contributed by atoms with E-state index < -0.39 is 0 Å². The number of carbonyl (C=O) groups excluding carboxylic acids is 1. The van der Waals surface area contributed by atoms with Crippen LogP contribution in [0.2, 0.25) is 0 Å². The van der Waals surface area contributed by atoms with Gasteiger partial charge in [0, 0.05) is 38.0 Å². The molecule has 3 aromatic heterocycles. The fourth-order valence-corrected chi connectivity index (χ4v) is 4.11. The Morgan fingerprint density at radius 3 is 2.90 bits per heavy atom. The lowest BCUT2D eigenvalue weighted by atomic mass is 10.1. The van der Waals surface area contributed by atoms with Crippen molar-refractivity contribution in [3.8, 4) is 0 Å². The van der Waals surface area contributed by atoms with Crippen LogP contribution in [0.25, 0.3) is 10.2 Å². The fraction of sp³-hybridized carbons (Fsp3) is 0.429. The molecule has 0 radical (unpaired) electrons. The van der Waals surface area contributed by atoms with Crippen LogP contribution < -0.4 is 5.32 Å². The molecule has 8 heteroatoms. The first-order valence-corrected chi connectivity index (χ1v) is 10.9. The van der Waals surface area contributed by atoms with E-state index in [1.165, 1.54) is 11.3 Å². The topological polar surface area (TPSA) is 91.2 Å². The Labute approximate surface area is 174 Å². The molecule has 29 heavy (non-hydrogen) atoms. The van der Waals surface area contributed by atoms with Gasteiger partial charge in [0.05, 0.1) is 16.3 Å². The van der Waals surface area contributed by atoms with Gasteiger partial charge in [-0.25, -0.2) is 9.97 Å². The van der Waals surface area contributed by atoms with E-state index >= 15 is 0 Å². The number of amides is 1. The second-order valence-electron chi connectivity index (χ2n) is 6.77. The molecule has 0 saturated carbocycles. The summed E-state index contributed by atoms with van der Waals surface area (Å²) < 4.78 is 0.798. The largest absolute Gasteiger partial charge is 0.396 e. The van der Waals surface area contributed by atoms with Gasteiger partial charge in [-0.1, -0.05) is 19.9 Å². The van der Waals surface area contributed by atoms with Gasteiger partial charge in [-0.15, -0.1) is 11.3 Å². The van der Waals surface area contributed by atoms with Crippen LogP contribution in [0.5, 0.6) is 0 Å². The molecule has 0 aliphatic carbocycles. The molecule has 1 aliphatic rings. The lowest BCUT2D eigenvalue weighted by Gasteiger charge is -2.18. The van der Waals surface area contributed by atoms with E-state index in [2.05, 4.69) is 20.3 Å².